The standard InChI is InChI=1S/C18H20N2O4/c1-12(21)19-14-6-9-16(17(10-14)24-3)18(23)20(2)11-13-4-7-15(22)8-5-13/h4-10,22H,11H2,1-3H3,(H,19,21). The molecule has 6 heteroatoms. The Morgan fingerprint density at radius 2 is 1.83 bits per heavy atom. The Morgan fingerprint density at radius 3 is 2.42 bits per heavy atom. The lowest BCUT2D eigenvalue weighted by atomic mass is 10.1. The van der Waals surface area contributed by atoms with E-state index in [0.29, 0.717) is 23.5 Å². The number of rotatable bonds is 5. The predicted molar refractivity (Wildman–Crippen MR) is 91.2 cm³/mol. The van der Waals surface area contributed by atoms with Crippen LogP contribution in [0.1, 0.15) is 22.8 Å². The number of nitrogens with zero attached hydrogens (tertiary/aromatic N) is 1. The third-order valence-electron chi connectivity index (χ3n) is 3.46. The van der Waals surface area contributed by atoms with E-state index in [0.717, 1.165) is 5.56 Å². The van der Waals surface area contributed by atoms with Gasteiger partial charge in [-0.1, -0.05) is 12.1 Å². The number of carbonyl (C=O) groups is 2. The lowest BCUT2D eigenvalue weighted by molar-refractivity contribution is -0.114. The van der Waals surface area contributed by atoms with Gasteiger partial charge in [-0.15, -0.1) is 0 Å². The molecule has 0 unspecified atom stereocenters. The molecule has 0 saturated heterocycles. The number of carbonyl (C=O) groups excluding carboxylic acids is 2. The Hall–Kier alpha value is -3.02. The van der Waals surface area contributed by atoms with E-state index in [1.54, 1.807) is 54.4 Å². The van der Waals surface area contributed by atoms with Crippen molar-refractivity contribution in [2.75, 3.05) is 19.5 Å². The first-order valence-corrected chi connectivity index (χ1v) is 7.39. The van der Waals surface area contributed by atoms with Gasteiger partial charge in [0.2, 0.25) is 5.91 Å². The molecule has 126 valence electrons. The van der Waals surface area contributed by atoms with Gasteiger partial charge in [-0.25, -0.2) is 0 Å². The topological polar surface area (TPSA) is 78.9 Å². The Kier molecular flexibility index (Phi) is 5.42. The number of aromatic hydroxyl groups is 1. The molecule has 0 bridgehead atoms. The summed E-state index contributed by atoms with van der Waals surface area (Å²) in [6.45, 7) is 1.81. The van der Waals surface area contributed by atoms with Crippen LogP contribution in [0.25, 0.3) is 0 Å². The van der Waals surface area contributed by atoms with E-state index >= 15 is 0 Å². The number of ether oxygens (including phenoxy) is 1. The van der Waals surface area contributed by atoms with Gasteiger partial charge in [0.15, 0.2) is 0 Å². The summed E-state index contributed by atoms with van der Waals surface area (Å²) in [5, 5.41) is 12.0. The summed E-state index contributed by atoms with van der Waals surface area (Å²) in [6, 6.07) is 11.6. The summed E-state index contributed by atoms with van der Waals surface area (Å²) in [7, 11) is 3.17. The summed E-state index contributed by atoms with van der Waals surface area (Å²) in [5.41, 5.74) is 1.88. The van der Waals surface area contributed by atoms with Crippen LogP contribution in [0.5, 0.6) is 11.5 Å². The molecule has 0 heterocycles. The minimum Gasteiger partial charge on any atom is -0.508 e. The molecule has 0 aliphatic heterocycles. The molecule has 2 amide bonds. The number of phenols is 1. The summed E-state index contributed by atoms with van der Waals surface area (Å²) in [6.07, 6.45) is 0. The Labute approximate surface area is 140 Å². The number of methoxy groups -OCH3 is 1. The second-order valence-corrected chi connectivity index (χ2v) is 5.42. The van der Waals surface area contributed by atoms with Crippen molar-refractivity contribution < 1.29 is 19.4 Å². The van der Waals surface area contributed by atoms with Gasteiger partial charge in [0.1, 0.15) is 11.5 Å². The molecule has 24 heavy (non-hydrogen) atoms. The third kappa shape index (κ3) is 4.25. The molecule has 2 rings (SSSR count). The van der Waals surface area contributed by atoms with Crippen molar-refractivity contribution in [3.63, 3.8) is 0 Å². The molecular weight excluding hydrogens is 308 g/mol. The first-order chi connectivity index (χ1) is 11.4. The lowest BCUT2D eigenvalue weighted by Gasteiger charge is -2.19. The molecule has 0 aromatic heterocycles. The number of amides is 2. The maximum absolute atomic E-state index is 12.6. The number of phenolic OH excluding ortho intramolecular Hbond substituents is 1. The zero-order valence-corrected chi connectivity index (χ0v) is 13.9. The maximum Gasteiger partial charge on any atom is 0.257 e. The van der Waals surface area contributed by atoms with Gasteiger partial charge in [0, 0.05) is 32.3 Å². The molecule has 0 aliphatic carbocycles. The average Bonchev–Trinajstić information content (AvgIpc) is 2.55. The first kappa shape index (κ1) is 17.3. The van der Waals surface area contributed by atoms with Crippen molar-refractivity contribution in [3.05, 3.63) is 53.6 Å². The number of hydrogen-bond acceptors (Lipinski definition) is 4. The highest BCUT2D eigenvalue weighted by Crippen LogP contribution is 2.25. The fourth-order valence-electron chi connectivity index (χ4n) is 2.30. The largest absolute Gasteiger partial charge is 0.508 e. The van der Waals surface area contributed by atoms with Gasteiger partial charge < -0.3 is 20.1 Å². The van der Waals surface area contributed by atoms with Crippen LogP contribution in [-0.2, 0) is 11.3 Å². The van der Waals surface area contributed by atoms with Crippen LogP contribution >= 0.6 is 0 Å². The molecule has 6 nitrogen and oxygen atoms in total. The SMILES string of the molecule is COc1cc(NC(C)=O)ccc1C(=O)N(C)Cc1ccc(O)cc1. The fourth-order valence-corrected chi connectivity index (χ4v) is 2.30. The van der Waals surface area contributed by atoms with Crippen molar-refractivity contribution >= 4 is 17.5 Å². The average molecular weight is 328 g/mol. The van der Waals surface area contributed by atoms with Crippen molar-refractivity contribution in [1.29, 1.82) is 0 Å². The zero-order valence-electron chi connectivity index (χ0n) is 13.9. The van der Waals surface area contributed by atoms with Crippen LogP contribution in [0.2, 0.25) is 0 Å². The fraction of sp³-hybridized carbons (Fsp3) is 0.222. The van der Waals surface area contributed by atoms with Gasteiger partial charge in [0.05, 0.1) is 12.7 Å². The number of hydrogen-bond donors (Lipinski definition) is 2. The Bertz CT molecular complexity index is 741. The molecule has 2 aromatic rings. The predicted octanol–water partition coefficient (Wildman–Crippen LogP) is 2.63. The Morgan fingerprint density at radius 1 is 1.17 bits per heavy atom. The summed E-state index contributed by atoms with van der Waals surface area (Å²) < 4.78 is 5.27. The highest BCUT2D eigenvalue weighted by atomic mass is 16.5. The van der Waals surface area contributed by atoms with Crippen LogP contribution in [0, 0.1) is 0 Å². The second kappa shape index (κ2) is 7.50. The van der Waals surface area contributed by atoms with E-state index in [-0.39, 0.29) is 17.6 Å². The van der Waals surface area contributed by atoms with E-state index in [4.69, 9.17) is 4.74 Å². The van der Waals surface area contributed by atoms with E-state index < -0.39 is 0 Å². The molecule has 2 aromatic carbocycles. The minimum absolute atomic E-state index is 0.183. The third-order valence-corrected chi connectivity index (χ3v) is 3.46. The van der Waals surface area contributed by atoms with Gasteiger partial charge in [-0.3, -0.25) is 9.59 Å². The van der Waals surface area contributed by atoms with Crippen molar-refractivity contribution in [1.82, 2.24) is 4.90 Å². The Balaban J connectivity index is 2.18. The molecule has 0 spiro atoms. The van der Waals surface area contributed by atoms with Crippen LogP contribution in [0.4, 0.5) is 5.69 Å². The number of anilines is 1. The highest BCUT2D eigenvalue weighted by molar-refractivity contribution is 5.98. The second-order valence-electron chi connectivity index (χ2n) is 5.42. The molecule has 0 fully saturated rings. The minimum atomic E-state index is -0.200. The molecule has 0 atom stereocenters. The van der Waals surface area contributed by atoms with Crippen LogP contribution in [0.3, 0.4) is 0 Å². The normalized spacial score (nSPS) is 10.1. The zero-order chi connectivity index (χ0) is 17.7. The van der Waals surface area contributed by atoms with Crippen LogP contribution in [-0.4, -0.2) is 36.0 Å². The van der Waals surface area contributed by atoms with Gasteiger partial charge >= 0.3 is 0 Å². The molecule has 0 radical (unpaired) electrons. The van der Waals surface area contributed by atoms with Crippen molar-refractivity contribution in [2.24, 2.45) is 0 Å². The quantitative estimate of drug-likeness (QED) is 0.884. The van der Waals surface area contributed by atoms with Crippen LogP contribution < -0.4 is 10.1 Å². The first-order valence-electron chi connectivity index (χ1n) is 7.39. The molecule has 0 aliphatic rings. The van der Waals surface area contributed by atoms with E-state index in [2.05, 4.69) is 5.32 Å². The van der Waals surface area contributed by atoms with E-state index in [1.165, 1.54) is 14.0 Å². The maximum atomic E-state index is 12.6. The van der Waals surface area contributed by atoms with Gasteiger partial charge in [-0.05, 0) is 29.8 Å². The molecular formula is C18H20N2O4. The van der Waals surface area contributed by atoms with Crippen molar-refractivity contribution in [2.45, 2.75) is 13.5 Å². The number of benzene rings is 2. The summed E-state index contributed by atoms with van der Waals surface area (Å²) >= 11 is 0. The highest BCUT2D eigenvalue weighted by Gasteiger charge is 2.17. The monoisotopic (exact) mass is 328 g/mol. The summed E-state index contributed by atoms with van der Waals surface area (Å²) in [4.78, 5) is 25.3. The van der Waals surface area contributed by atoms with Gasteiger partial charge in [0.25, 0.3) is 5.91 Å². The van der Waals surface area contributed by atoms with Crippen molar-refractivity contribution in [3.8, 4) is 11.5 Å². The van der Waals surface area contributed by atoms with Gasteiger partial charge in [-0.2, -0.15) is 0 Å². The van der Waals surface area contributed by atoms with Crippen LogP contribution in [0.15, 0.2) is 42.5 Å². The molecule has 2 N–H and O–H groups in total. The summed E-state index contributed by atoms with van der Waals surface area (Å²) in [5.74, 6) is 0.182. The van der Waals surface area contributed by atoms with E-state index in [9.17, 15) is 14.7 Å². The molecule has 0 saturated carbocycles. The smallest absolute Gasteiger partial charge is 0.257 e. The van der Waals surface area contributed by atoms with E-state index in [1.807, 2.05) is 0 Å². The lowest BCUT2D eigenvalue weighted by Crippen LogP contribution is -2.26. The number of nitrogens with one attached hydrogen (secondary N) is 1.